The number of nitrogens with zero attached hydrogens (tertiary/aromatic N) is 1. The first kappa shape index (κ1) is 23.5. The molecule has 2 unspecified atom stereocenters. The predicted molar refractivity (Wildman–Crippen MR) is 119 cm³/mol. The third-order valence-electron chi connectivity index (χ3n) is 5.12. The van der Waals surface area contributed by atoms with Crippen LogP contribution in [0.3, 0.4) is 0 Å². The number of rotatable bonds is 6. The number of carbonyl (C=O) groups excluding carboxylic acids is 2. The molecular weight excluding hydrogens is 406 g/mol. The summed E-state index contributed by atoms with van der Waals surface area (Å²) in [6.07, 6.45) is 0. The lowest BCUT2D eigenvalue weighted by molar-refractivity contribution is -0.118. The number of ether oxygens (including phenoxy) is 2. The first-order chi connectivity index (χ1) is 14.0. The van der Waals surface area contributed by atoms with E-state index in [-0.39, 0.29) is 42.9 Å². The molecule has 1 aliphatic heterocycles. The fourth-order valence-corrected chi connectivity index (χ4v) is 3.25. The Morgan fingerprint density at radius 2 is 1.87 bits per heavy atom. The number of amides is 2. The third kappa shape index (κ3) is 5.87. The van der Waals surface area contributed by atoms with Crippen LogP contribution in [0.2, 0.25) is 0 Å². The highest BCUT2D eigenvalue weighted by molar-refractivity contribution is 5.95. The smallest absolute Gasteiger partial charge is 0.262 e. The monoisotopic (exact) mass is 433 g/mol. The van der Waals surface area contributed by atoms with Gasteiger partial charge in [-0.1, -0.05) is 6.07 Å². The third-order valence-corrected chi connectivity index (χ3v) is 5.12. The standard InChI is InChI=1S/C22H27N3O4.ClH/c1-15-16(2)25(12-11-23-15)22(27)17-7-9-19(10-8-17)29-14-21(26)24-18-5-4-6-20(13-18)28-3;/h4-10,13,15-16,23H,11-12,14H2,1-3H3,(H,24,26);1H. The van der Waals surface area contributed by atoms with E-state index in [0.717, 1.165) is 6.54 Å². The van der Waals surface area contributed by atoms with E-state index in [1.807, 2.05) is 11.8 Å². The molecule has 0 aliphatic carbocycles. The van der Waals surface area contributed by atoms with Gasteiger partial charge in [0.15, 0.2) is 6.61 Å². The molecule has 3 rings (SSSR count). The number of piperazine rings is 1. The van der Waals surface area contributed by atoms with Crippen molar-refractivity contribution in [3.8, 4) is 11.5 Å². The number of benzene rings is 2. The van der Waals surface area contributed by atoms with Crippen molar-refractivity contribution in [2.75, 3.05) is 32.1 Å². The molecule has 0 spiro atoms. The summed E-state index contributed by atoms with van der Waals surface area (Å²) in [5, 5.41) is 6.13. The van der Waals surface area contributed by atoms with Crippen LogP contribution in [0, 0.1) is 0 Å². The van der Waals surface area contributed by atoms with Gasteiger partial charge in [0.25, 0.3) is 11.8 Å². The van der Waals surface area contributed by atoms with Crippen molar-refractivity contribution in [1.29, 1.82) is 0 Å². The Labute approximate surface area is 183 Å². The number of hydrogen-bond donors (Lipinski definition) is 2. The van der Waals surface area contributed by atoms with Gasteiger partial charge in [-0.25, -0.2) is 0 Å². The molecule has 2 N–H and O–H groups in total. The molecule has 8 heteroatoms. The van der Waals surface area contributed by atoms with Gasteiger partial charge in [-0.15, -0.1) is 12.4 Å². The summed E-state index contributed by atoms with van der Waals surface area (Å²) in [6, 6.07) is 14.4. The van der Waals surface area contributed by atoms with Gasteiger partial charge in [0.1, 0.15) is 11.5 Å². The van der Waals surface area contributed by atoms with Crippen molar-refractivity contribution in [3.05, 3.63) is 54.1 Å². The van der Waals surface area contributed by atoms with Crippen LogP contribution in [0.5, 0.6) is 11.5 Å². The average molecular weight is 434 g/mol. The number of nitrogens with one attached hydrogen (secondary N) is 2. The van der Waals surface area contributed by atoms with E-state index in [2.05, 4.69) is 17.6 Å². The molecule has 1 aliphatic rings. The molecule has 1 fully saturated rings. The minimum Gasteiger partial charge on any atom is -0.497 e. The van der Waals surface area contributed by atoms with E-state index in [1.54, 1.807) is 55.6 Å². The lowest BCUT2D eigenvalue weighted by Gasteiger charge is -2.38. The average Bonchev–Trinajstić information content (AvgIpc) is 2.74. The first-order valence-corrected chi connectivity index (χ1v) is 9.69. The maximum absolute atomic E-state index is 12.8. The lowest BCUT2D eigenvalue weighted by atomic mass is 10.1. The molecule has 162 valence electrons. The lowest BCUT2D eigenvalue weighted by Crippen LogP contribution is -2.57. The van der Waals surface area contributed by atoms with E-state index in [0.29, 0.717) is 29.3 Å². The fourth-order valence-electron chi connectivity index (χ4n) is 3.25. The Bertz CT molecular complexity index is 860. The van der Waals surface area contributed by atoms with Gasteiger partial charge in [-0.05, 0) is 50.2 Å². The van der Waals surface area contributed by atoms with Crippen molar-refractivity contribution >= 4 is 29.9 Å². The number of halogens is 1. The minimum atomic E-state index is -0.276. The summed E-state index contributed by atoms with van der Waals surface area (Å²) in [5.74, 6) is 0.927. The molecule has 0 bridgehead atoms. The quantitative estimate of drug-likeness (QED) is 0.732. The van der Waals surface area contributed by atoms with Crippen molar-refractivity contribution in [2.24, 2.45) is 0 Å². The molecule has 2 aromatic rings. The summed E-state index contributed by atoms with van der Waals surface area (Å²) in [4.78, 5) is 26.7. The molecule has 2 amide bonds. The highest BCUT2D eigenvalue weighted by Crippen LogP contribution is 2.18. The van der Waals surface area contributed by atoms with Crippen LogP contribution in [-0.2, 0) is 4.79 Å². The van der Waals surface area contributed by atoms with Crippen LogP contribution in [0.25, 0.3) is 0 Å². The Morgan fingerprint density at radius 3 is 2.57 bits per heavy atom. The molecule has 0 saturated carbocycles. The zero-order valence-electron chi connectivity index (χ0n) is 17.4. The number of carbonyl (C=O) groups is 2. The number of hydrogen-bond acceptors (Lipinski definition) is 5. The molecule has 2 atom stereocenters. The van der Waals surface area contributed by atoms with Gasteiger partial charge in [0.05, 0.1) is 7.11 Å². The predicted octanol–water partition coefficient (Wildman–Crippen LogP) is 2.96. The van der Waals surface area contributed by atoms with Crippen molar-refractivity contribution < 1.29 is 19.1 Å². The second-order valence-electron chi connectivity index (χ2n) is 7.08. The summed E-state index contributed by atoms with van der Waals surface area (Å²) >= 11 is 0. The molecule has 2 aromatic carbocycles. The summed E-state index contributed by atoms with van der Waals surface area (Å²) in [5.41, 5.74) is 1.25. The number of anilines is 1. The Balaban J connectivity index is 0.00000320. The van der Waals surface area contributed by atoms with Crippen molar-refractivity contribution in [3.63, 3.8) is 0 Å². The van der Waals surface area contributed by atoms with Gasteiger partial charge >= 0.3 is 0 Å². The molecule has 7 nitrogen and oxygen atoms in total. The van der Waals surface area contributed by atoms with Crippen molar-refractivity contribution in [2.45, 2.75) is 25.9 Å². The zero-order valence-corrected chi connectivity index (χ0v) is 18.2. The second kappa shape index (κ2) is 10.8. The Kier molecular flexibility index (Phi) is 8.50. The molecule has 0 radical (unpaired) electrons. The molecule has 1 heterocycles. The molecule has 30 heavy (non-hydrogen) atoms. The zero-order chi connectivity index (χ0) is 20.8. The maximum Gasteiger partial charge on any atom is 0.262 e. The van der Waals surface area contributed by atoms with Crippen LogP contribution in [-0.4, -0.2) is 55.6 Å². The summed E-state index contributed by atoms with van der Waals surface area (Å²) < 4.78 is 10.7. The minimum absolute atomic E-state index is 0. The normalized spacial score (nSPS) is 18.2. The van der Waals surface area contributed by atoms with E-state index >= 15 is 0 Å². The number of methoxy groups -OCH3 is 1. The van der Waals surface area contributed by atoms with Gasteiger partial charge in [0.2, 0.25) is 0 Å². The summed E-state index contributed by atoms with van der Waals surface area (Å²) in [7, 11) is 1.57. The summed E-state index contributed by atoms with van der Waals surface area (Å²) in [6.45, 7) is 5.48. The second-order valence-corrected chi connectivity index (χ2v) is 7.08. The van der Waals surface area contributed by atoms with Gasteiger partial charge in [-0.2, -0.15) is 0 Å². The van der Waals surface area contributed by atoms with Gasteiger partial charge in [-0.3, -0.25) is 9.59 Å². The van der Waals surface area contributed by atoms with Crippen LogP contribution in [0.15, 0.2) is 48.5 Å². The fraction of sp³-hybridized carbons (Fsp3) is 0.364. The van der Waals surface area contributed by atoms with Gasteiger partial charge in [0, 0.05) is 42.5 Å². The largest absolute Gasteiger partial charge is 0.497 e. The highest BCUT2D eigenvalue weighted by Gasteiger charge is 2.28. The van der Waals surface area contributed by atoms with Crippen LogP contribution < -0.4 is 20.1 Å². The SMILES string of the molecule is COc1cccc(NC(=O)COc2ccc(C(=O)N3CCNC(C)C3C)cc2)c1.Cl. The molecule has 0 aromatic heterocycles. The van der Waals surface area contributed by atoms with E-state index in [4.69, 9.17) is 9.47 Å². The Hall–Kier alpha value is -2.77. The van der Waals surface area contributed by atoms with Crippen LogP contribution in [0.1, 0.15) is 24.2 Å². The van der Waals surface area contributed by atoms with E-state index < -0.39 is 0 Å². The topological polar surface area (TPSA) is 79.9 Å². The first-order valence-electron chi connectivity index (χ1n) is 9.69. The molecular formula is C22H28ClN3O4. The molecule has 1 saturated heterocycles. The van der Waals surface area contributed by atoms with Crippen molar-refractivity contribution in [1.82, 2.24) is 10.2 Å². The Morgan fingerprint density at radius 1 is 1.13 bits per heavy atom. The van der Waals surface area contributed by atoms with Gasteiger partial charge < -0.3 is 25.0 Å². The highest BCUT2D eigenvalue weighted by atomic mass is 35.5. The van der Waals surface area contributed by atoms with E-state index in [9.17, 15) is 9.59 Å². The van der Waals surface area contributed by atoms with E-state index in [1.165, 1.54) is 0 Å². The maximum atomic E-state index is 12.8. The van der Waals surface area contributed by atoms with Crippen LogP contribution >= 0.6 is 12.4 Å². The van der Waals surface area contributed by atoms with Crippen LogP contribution in [0.4, 0.5) is 5.69 Å².